The van der Waals surface area contributed by atoms with Gasteiger partial charge in [0.2, 0.25) is 0 Å². The van der Waals surface area contributed by atoms with Crippen molar-refractivity contribution in [2.24, 2.45) is 0 Å². The monoisotopic (exact) mass is 283 g/mol. The first kappa shape index (κ1) is 14.7. The van der Waals surface area contributed by atoms with E-state index in [1.165, 1.54) is 32.8 Å². The molecule has 1 N–H and O–H groups in total. The molecule has 19 heavy (non-hydrogen) atoms. The third-order valence-electron chi connectivity index (χ3n) is 3.94. The van der Waals surface area contributed by atoms with Crippen molar-refractivity contribution < 1.29 is 9.13 Å². The molecule has 0 unspecified atom stereocenters. The third-order valence-corrected chi connectivity index (χ3v) is 5.36. The number of rotatable bonds is 6. The molecule has 1 saturated carbocycles. The average Bonchev–Trinajstić information content (AvgIpc) is 2.88. The van der Waals surface area contributed by atoms with Gasteiger partial charge in [-0.25, -0.2) is 4.39 Å². The number of hydrogen-bond donors (Lipinski definition) is 1. The molecule has 1 aromatic rings. The lowest BCUT2D eigenvalue weighted by Gasteiger charge is -2.27. The number of methoxy groups -OCH3 is 1. The van der Waals surface area contributed by atoms with E-state index < -0.39 is 0 Å². The summed E-state index contributed by atoms with van der Waals surface area (Å²) in [6.07, 6.45) is 7.44. The number of hydrogen-bond acceptors (Lipinski definition) is 3. The molecule has 2 rings (SSSR count). The molecule has 0 heterocycles. The van der Waals surface area contributed by atoms with Crippen LogP contribution in [0.15, 0.2) is 18.2 Å². The summed E-state index contributed by atoms with van der Waals surface area (Å²) in [7, 11) is 1.48. The Hall–Kier alpha value is -0.740. The Balaban J connectivity index is 1.87. The van der Waals surface area contributed by atoms with E-state index in [1.807, 2.05) is 17.8 Å². The molecule has 0 atom stereocenters. The molecule has 1 aliphatic carbocycles. The van der Waals surface area contributed by atoms with Crippen molar-refractivity contribution in [3.8, 4) is 5.75 Å². The van der Waals surface area contributed by atoms with Gasteiger partial charge in [-0.3, -0.25) is 0 Å². The van der Waals surface area contributed by atoms with Crippen molar-refractivity contribution in [3.63, 3.8) is 0 Å². The standard InChI is InChI=1S/C15H22FNOS/c1-18-14-6-5-12(9-13(14)16)10-17-11-15(19-2)7-3-4-8-15/h5-6,9,17H,3-4,7-8,10-11H2,1-2H3. The molecule has 106 valence electrons. The van der Waals surface area contributed by atoms with Gasteiger partial charge in [-0.2, -0.15) is 11.8 Å². The van der Waals surface area contributed by atoms with Gasteiger partial charge in [0, 0.05) is 17.8 Å². The first-order chi connectivity index (χ1) is 9.19. The smallest absolute Gasteiger partial charge is 0.165 e. The van der Waals surface area contributed by atoms with Gasteiger partial charge in [-0.15, -0.1) is 0 Å². The first-order valence-corrected chi connectivity index (χ1v) is 8.00. The van der Waals surface area contributed by atoms with E-state index >= 15 is 0 Å². The topological polar surface area (TPSA) is 21.3 Å². The molecule has 1 fully saturated rings. The normalized spacial score (nSPS) is 17.6. The minimum absolute atomic E-state index is 0.290. The minimum Gasteiger partial charge on any atom is -0.494 e. The zero-order chi connectivity index (χ0) is 13.7. The van der Waals surface area contributed by atoms with Gasteiger partial charge in [0.25, 0.3) is 0 Å². The van der Waals surface area contributed by atoms with Crippen LogP contribution in [-0.2, 0) is 6.54 Å². The zero-order valence-corrected chi connectivity index (χ0v) is 12.5. The van der Waals surface area contributed by atoms with Gasteiger partial charge in [-0.1, -0.05) is 18.9 Å². The Bertz CT molecular complexity index is 419. The number of thioether (sulfide) groups is 1. The lowest BCUT2D eigenvalue weighted by atomic mass is 10.1. The quantitative estimate of drug-likeness (QED) is 0.862. The van der Waals surface area contributed by atoms with Gasteiger partial charge in [0.1, 0.15) is 0 Å². The third kappa shape index (κ3) is 3.63. The maximum atomic E-state index is 13.6. The molecule has 0 amide bonds. The van der Waals surface area contributed by atoms with Crippen molar-refractivity contribution in [1.29, 1.82) is 0 Å². The van der Waals surface area contributed by atoms with Crippen molar-refractivity contribution in [2.45, 2.75) is 37.0 Å². The van der Waals surface area contributed by atoms with Crippen LogP contribution in [0.25, 0.3) is 0 Å². The predicted octanol–water partition coefficient (Wildman–Crippen LogP) is 3.60. The summed E-state index contributed by atoms with van der Waals surface area (Å²) < 4.78 is 18.9. The molecule has 0 saturated heterocycles. The lowest BCUT2D eigenvalue weighted by Crippen LogP contribution is -2.34. The largest absolute Gasteiger partial charge is 0.494 e. The summed E-state index contributed by atoms with van der Waals surface area (Å²) in [6.45, 7) is 1.71. The Morgan fingerprint density at radius 3 is 2.68 bits per heavy atom. The van der Waals surface area contributed by atoms with E-state index in [9.17, 15) is 4.39 Å². The van der Waals surface area contributed by atoms with Crippen molar-refractivity contribution >= 4 is 11.8 Å². The lowest BCUT2D eigenvalue weighted by molar-refractivity contribution is 0.386. The van der Waals surface area contributed by atoms with E-state index in [1.54, 1.807) is 12.1 Å². The summed E-state index contributed by atoms with van der Waals surface area (Å²) in [5.41, 5.74) is 0.965. The number of nitrogens with one attached hydrogen (secondary N) is 1. The van der Waals surface area contributed by atoms with Crippen molar-refractivity contribution in [1.82, 2.24) is 5.32 Å². The predicted molar refractivity (Wildman–Crippen MR) is 79.4 cm³/mol. The second-order valence-corrected chi connectivity index (χ2v) is 6.44. The number of halogens is 1. The summed E-state index contributed by atoms with van der Waals surface area (Å²) in [5.74, 6) is 0.0161. The van der Waals surface area contributed by atoms with Gasteiger partial charge in [0.05, 0.1) is 7.11 Å². The molecule has 1 aromatic carbocycles. The van der Waals surface area contributed by atoms with E-state index in [2.05, 4.69) is 11.6 Å². The van der Waals surface area contributed by atoms with Crippen LogP contribution in [0.2, 0.25) is 0 Å². The fraction of sp³-hybridized carbons (Fsp3) is 0.600. The summed E-state index contributed by atoms with van der Waals surface area (Å²) in [6, 6.07) is 5.15. The van der Waals surface area contributed by atoms with Gasteiger partial charge in [0.15, 0.2) is 11.6 Å². The van der Waals surface area contributed by atoms with Crippen LogP contribution >= 0.6 is 11.8 Å². The number of benzene rings is 1. The highest BCUT2D eigenvalue weighted by molar-refractivity contribution is 8.00. The Labute approximate surface area is 119 Å². The Morgan fingerprint density at radius 2 is 2.11 bits per heavy atom. The van der Waals surface area contributed by atoms with Gasteiger partial charge < -0.3 is 10.1 Å². The summed E-state index contributed by atoms with van der Waals surface area (Å²) >= 11 is 1.97. The van der Waals surface area contributed by atoms with E-state index in [0.717, 1.165) is 12.1 Å². The highest BCUT2D eigenvalue weighted by Crippen LogP contribution is 2.39. The van der Waals surface area contributed by atoms with Crippen LogP contribution in [-0.4, -0.2) is 24.7 Å². The van der Waals surface area contributed by atoms with E-state index in [4.69, 9.17) is 4.74 Å². The van der Waals surface area contributed by atoms with Crippen LogP contribution in [0.3, 0.4) is 0 Å². The Kier molecular flexibility index (Phi) is 5.11. The molecular formula is C15H22FNOS. The fourth-order valence-electron chi connectivity index (χ4n) is 2.73. The molecule has 0 radical (unpaired) electrons. The van der Waals surface area contributed by atoms with Gasteiger partial charge >= 0.3 is 0 Å². The maximum absolute atomic E-state index is 13.6. The van der Waals surface area contributed by atoms with Crippen molar-refractivity contribution in [2.75, 3.05) is 19.9 Å². The van der Waals surface area contributed by atoms with Crippen molar-refractivity contribution in [3.05, 3.63) is 29.6 Å². The van der Waals surface area contributed by atoms with Crippen LogP contribution < -0.4 is 10.1 Å². The molecule has 4 heteroatoms. The molecule has 0 spiro atoms. The summed E-state index contributed by atoms with van der Waals surface area (Å²) in [4.78, 5) is 0. The SMILES string of the molecule is COc1ccc(CNCC2(SC)CCCC2)cc1F. The maximum Gasteiger partial charge on any atom is 0.165 e. The highest BCUT2D eigenvalue weighted by atomic mass is 32.2. The van der Waals surface area contributed by atoms with Crippen LogP contribution in [0, 0.1) is 5.82 Å². The average molecular weight is 283 g/mol. The molecule has 0 aliphatic heterocycles. The Morgan fingerprint density at radius 1 is 1.37 bits per heavy atom. The fourth-order valence-corrected chi connectivity index (χ4v) is 3.67. The molecule has 2 nitrogen and oxygen atoms in total. The van der Waals surface area contributed by atoms with Crippen LogP contribution in [0.5, 0.6) is 5.75 Å². The van der Waals surface area contributed by atoms with Crippen LogP contribution in [0.4, 0.5) is 4.39 Å². The van der Waals surface area contributed by atoms with Crippen LogP contribution in [0.1, 0.15) is 31.2 Å². The number of ether oxygens (including phenoxy) is 1. The first-order valence-electron chi connectivity index (χ1n) is 6.77. The van der Waals surface area contributed by atoms with E-state index in [0.29, 0.717) is 17.0 Å². The second-order valence-electron chi connectivity index (χ2n) is 5.17. The van der Waals surface area contributed by atoms with E-state index in [-0.39, 0.29) is 5.82 Å². The molecule has 0 aromatic heterocycles. The summed E-state index contributed by atoms with van der Waals surface area (Å²) in [5, 5.41) is 3.47. The zero-order valence-electron chi connectivity index (χ0n) is 11.7. The minimum atomic E-state index is -0.290. The molecular weight excluding hydrogens is 261 g/mol. The molecule has 0 bridgehead atoms. The second kappa shape index (κ2) is 6.62. The highest BCUT2D eigenvalue weighted by Gasteiger charge is 2.32. The van der Waals surface area contributed by atoms with Gasteiger partial charge in [-0.05, 0) is 36.8 Å². The molecule has 1 aliphatic rings.